The van der Waals surface area contributed by atoms with Crippen LogP contribution >= 0.6 is 27.5 Å². The number of ether oxygens (including phenoxy) is 1. The van der Waals surface area contributed by atoms with Gasteiger partial charge in [0.25, 0.3) is 5.91 Å². The Morgan fingerprint density at radius 2 is 1.96 bits per heavy atom. The molecule has 0 aliphatic carbocycles. The molecule has 3 aromatic rings. The van der Waals surface area contributed by atoms with Gasteiger partial charge in [-0.25, -0.2) is 0 Å². The first-order chi connectivity index (χ1) is 11.6. The Hall–Kier alpha value is -2.31. The van der Waals surface area contributed by atoms with E-state index in [0.29, 0.717) is 33.4 Å². The summed E-state index contributed by atoms with van der Waals surface area (Å²) in [5.74, 6) is 0.350. The summed E-state index contributed by atoms with van der Waals surface area (Å²) in [6.07, 6.45) is 0. The number of carbonyl (C=O) groups excluding carboxylic acids is 1. The minimum absolute atomic E-state index is 0.280. The maximum atomic E-state index is 12.3. The molecule has 0 unspecified atom stereocenters. The molecule has 0 atom stereocenters. The fourth-order valence-electron chi connectivity index (χ4n) is 2.19. The summed E-state index contributed by atoms with van der Waals surface area (Å²) < 4.78 is 6.26. The van der Waals surface area contributed by atoms with Crippen molar-refractivity contribution in [3.05, 3.63) is 63.7 Å². The maximum Gasteiger partial charge on any atom is 0.273 e. The Kier molecular flexibility index (Phi) is 4.87. The highest BCUT2D eigenvalue weighted by molar-refractivity contribution is 9.10. The van der Waals surface area contributed by atoms with Crippen molar-refractivity contribution in [2.75, 3.05) is 12.4 Å². The smallest absolute Gasteiger partial charge is 0.273 e. The standard InChI is InChI=1S/C17H13BrClN3O2/c1-24-16-7-4-11(19)8-13(16)14-9-15(22-21-14)17(23)20-12-5-2-10(18)3-6-12/h2-9H,1H3,(H,20,23)(H,21,22). The van der Waals surface area contributed by atoms with Crippen LogP contribution in [-0.4, -0.2) is 23.2 Å². The Balaban J connectivity index is 1.84. The van der Waals surface area contributed by atoms with Crippen LogP contribution in [0.25, 0.3) is 11.3 Å². The summed E-state index contributed by atoms with van der Waals surface area (Å²) in [6, 6.07) is 14.2. The first kappa shape index (κ1) is 16.5. The summed E-state index contributed by atoms with van der Waals surface area (Å²) >= 11 is 9.39. The number of halogens is 2. The van der Waals surface area contributed by atoms with E-state index in [2.05, 4.69) is 31.4 Å². The van der Waals surface area contributed by atoms with Crippen molar-refractivity contribution < 1.29 is 9.53 Å². The molecule has 0 aliphatic rings. The Labute approximate surface area is 152 Å². The topological polar surface area (TPSA) is 67.0 Å². The molecule has 3 rings (SSSR count). The molecule has 5 nitrogen and oxygen atoms in total. The number of benzene rings is 2. The lowest BCUT2D eigenvalue weighted by Crippen LogP contribution is -2.12. The molecule has 1 heterocycles. The van der Waals surface area contributed by atoms with Crippen molar-refractivity contribution in [1.82, 2.24) is 10.2 Å². The van der Waals surface area contributed by atoms with E-state index in [9.17, 15) is 4.79 Å². The van der Waals surface area contributed by atoms with Crippen molar-refractivity contribution in [2.24, 2.45) is 0 Å². The summed E-state index contributed by atoms with van der Waals surface area (Å²) in [6.45, 7) is 0. The van der Waals surface area contributed by atoms with Crippen molar-refractivity contribution >= 4 is 39.1 Å². The number of aromatic nitrogens is 2. The number of rotatable bonds is 4. The van der Waals surface area contributed by atoms with Gasteiger partial charge >= 0.3 is 0 Å². The summed E-state index contributed by atoms with van der Waals surface area (Å²) in [7, 11) is 1.57. The fourth-order valence-corrected chi connectivity index (χ4v) is 2.62. The first-order valence-electron chi connectivity index (χ1n) is 7.03. The van der Waals surface area contributed by atoms with Gasteiger partial charge in [0, 0.05) is 20.7 Å². The molecule has 2 N–H and O–H groups in total. The summed E-state index contributed by atoms with van der Waals surface area (Å²) in [4.78, 5) is 12.3. The van der Waals surface area contributed by atoms with E-state index < -0.39 is 0 Å². The average molecular weight is 407 g/mol. The molecular weight excluding hydrogens is 394 g/mol. The number of aromatic amines is 1. The van der Waals surface area contributed by atoms with Crippen molar-refractivity contribution in [2.45, 2.75) is 0 Å². The van der Waals surface area contributed by atoms with Crippen LogP contribution in [0.4, 0.5) is 5.69 Å². The van der Waals surface area contributed by atoms with Gasteiger partial charge in [-0.1, -0.05) is 27.5 Å². The predicted molar refractivity (Wildman–Crippen MR) is 97.7 cm³/mol. The first-order valence-corrected chi connectivity index (χ1v) is 8.20. The maximum absolute atomic E-state index is 12.3. The highest BCUT2D eigenvalue weighted by atomic mass is 79.9. The van der Waals surface area contributed by atoms with Gasteiger partial charge in [-0.05, 0) is 48.5 Å². The number of methoxy groups -OCH3 is 1. The zero-order valence-corrected chi connectivity index (χ0v) is 15.0. The largest absolute Gasteiger partial charge is 0.496 e. The Bertz CT molecular complexity index is 878. The van der Waals surface area contributed by atoms with Gasteiger partial charge in [0.05, 0.1) is 12.8 Å². The van der Waals surface area contributed by atoms with E-state index in [0.717, 1.165) is 4.47 Å². The molecule has 0 saturated carbocycles. The lowest BCUT2D eigenvalue weighted by molar-refractivity contribution is 0.102. The quantitative estimate of drug-likeness (QED) is 0.657. The predicted octanol–water partition coefficient (Wildman–Crippen LogP) is 4.75. The SMILES string of the molecule is COc1ccc(Cl)cc1-c1cc(C(=O)Nc2ccc(Br)cc2)[nH]n1. The van der Waals surface area contributed by atoms with Gasteiger partial charge < -0.3 is 10.1 Å². The van der Waals surface area contributed by atoms with Crippen LogP contribution in [0, 0.1) is 0 Å². The average Bonchev–Trinajstić information content (AvgIpc) is 3.07. The number of H-pyrrole nitrogens is 1. The van der Waals surface area contributed by atoms with Crippen LogP contribution in [0.1, 0.15) is 10.5 Å². The molecule has 7 heteroatoms. The molecule has 0 bridgehead atoms. The monoisotopic (exact) mass is 405 g/mol. The number of hydrogen-bond acceptors (Lipinski definition) is 3. The number of carbonyl (C=O) groups is 1. The molecule has 1 amide bonds. The number of nitrogens with zero attached hydrogens (tertiary/aromatic N) is 1. The van der Waals surface area contributed by atoms with E-state index in [-0.39, 0.29) is 5.91 Å². The van der Waals surface area contributed by atoms with E-state index >= 15 is 0 Å². The summed E-state index contributed by atoms with van der Waals surface area (Å²) in [5, 5.41) is 10.3. The summed E-state index contributed by atoms with van der Waals surface area (Å²) in [5.41, 5.74) is 2.33. The molecule has 0 fully saturated rings. The van der Waals surface area contributed by atoms with Crippen LogP contribution in [0.15, 0.2) is 53.0 Å². The van der Waals surface area contributed by atoms with Crippen LogP contribution in [-0.2, 0) is 0 Å². The highest BCUT2D eigenvalue weighted by Crippen LogP contribution is 2.31. The second-order valence-corrected chi connectivity index (χ2v) is 6.32. The Morgan fingerprint density at radius 1 is 1.21 bits per heavy atom. The minimum Gasteiger partial charge on any atom is -0.496 e. The van der Waals surface area contributed by atoms with E-state index in [1.807, 2.05) is 12.1 Å². The van der Waals surface area contributed by atoms with Crippen molar-refractivity contribution in [3.8, 4) is 17.0 Å². The van der Waals surface area contributed by atoms with Gasteiger partial charge in [0.1, 0.15) is 11.4 Å². The number of anilines is 1. The zero-order chi connectivity index (χ0) is 17.1. The number of nitrogens with one attached hydrogen (secondary N) is 2. The molecule has 0 saturated heterocycles. The van der Waals surface area contributed by atoms with Gasteiger partial charge in [0.2, 0.25) is 0 Å². The second kappa shape index (κ2) is 7.07. The molecule has 0 spiro atoms. The van der Waals surface area contributed by atoms with E-state index in [1.165, 1.54) is 0 Å². The van der Waals surface area contributed by atoms with Crippen molar-refractivity contribution in [3.63, 3.8) is 0 Å². The third kappa shape index (κ3) is 3.60. The molecule has 2 aromatic carbocycles. The highest BCUT2D eigenvalue weighted by Gasteiger charge is 2.14. The van der Waals surface area contributed by atoms with Crippen LogP contribution in [0.2, 0.25) is 5.02 Å². The van der Waals surface area contributed by atoms with Gasteiger partial charge in [-0.2, -0.15) is 5.10 Å². The van der Waals surface area contributed by atoms with E-state index in [1.54, 1.807) is 43.5 Å². The minimum atomic E-state index is -0.280. The third-order valence-corrected chi connectivity index (χ3v) is 4.13. The van der Waals surface area contributed by atoms with Crippen LogP contribution < -0.4 is 10.1 Å². The Morgan fingerprint density at radius 3 is 2.67 bits per heavy atom. The van der Waals surface area contributed by atoms with Crippen LogP contribution in [0.3, 0.4) is 0 Å². The lowest BCUT2D eigenvalue weighted by atomic mass is 10.1. The normalized spacial score (nSPS) is 10.5. The van der Waals surface area contributed by atoms with Gasteiger partial charge in [0.15, 0.2) is 0 Å². The molecule has 0 aliphatic heterocycles. The number of amides is 1. The van der Waals surface area contributed by atoms with E-state index in [4.69, 9.17) is 16.3 Å². The van der Waals surface area contributed by atoms with Gasteiger partial charge in [-0.3, -0.25) is 9.89 Å². The molecular formula is C17H13BrClN3O2. The zero-order valence-electron chi connectivity index (χ0n) is 12.6. The second-order valence-electron chi connectivity index (χ2n) is 4.97. The molecule has 0 radical (unpaired) electrons. The van der Waals surface area contributed by atoms with Crippen LogP contribution in [0.5, 0.6) is 5.75 Å². The fraction of sp³-hybridized carbons (Fsp3) is 0.0588. The molecule has 1 aromatic heterocycles. The lowest BCUT2D eigenvalue weighted by Gasteiger charge is -2.06. The molecule has 24 heavy (non-hydrogen) atoms. The third-order valence-electron chi connectivity index (χ3n) is 3.36. The molecule has 122 valence electrons. The van der Waals surface area contributed by atoms with Crippen molar-refractivity contribution in [1.29, 1.82) is 0 Å². The number of hydrogen-bond donors (Lipinski definition) is 2. The van der Waals surface area contributed by atoms with Gasteiger partial charge in [-0.15, -0.1) is 0 Å².